The molecule has 0 spiro atoms. The maximum Gasteiger partial charge on any atom is 0.346 e. The number of hydrogen-bond donors (Lipinski definition) is 2. The smallest absolute Gasteiger partial charge is 0.346 e. The van der Waals surface area contributed by atoms with Crippen LogP contribution in [0.15, 0.2) is 24.1 Å². The zero-order valence-electron chi connectivity index (χ0n) is 8.94. The van der Waals surface area contributed by atoms with Crippen LogP contribution in [0.4, 0.5) is 0 Å². The second-order valence-corrected chi connectivity index (χ2v) is 5.19. The number of carboxylic acid groups (broad SMARTS) is 1. The number of thioether (sulfide) groups is 1. The maximum absolute atomic E-state index is 10.8. The molecule has 1 aromatic rings. The predicted molar refractivity (Wildman–Crippen MR) is 70.5 cm³/mol. The fraction of sp³-hybridized carbons (Fsp3) is 0.364. The summed E-state index contributed by atoms with van der Waals surface area (Å²) in [6.45, 7) is 5.15. The van der Waals surface area contributed by atoms with Crippen molar-refractivity contribution in [2.75, 3.05) is 18.1 Å². The molecule has 2 N–H and O–H groups in total. The van der Waals surface area contributed by atoms with E-state index in [9.17, 15) is 4.79 Å². The zero-order chi connectivity index (χ0) is 11.8. The first kappa shape index (κ1) is 13.3. The summed E-state index contributed by atoms with van der Waals surface area (Å²) in [6, 6.07) is 1.86. The zero-order valence-corrected chi connectivity index (χ0v) is 10.6. The van der Waals surface area contributed by atoms with E-state index in [1.54, 1.807) is 11.8 Å². The van der Waals surface area contributed by atoms with Crippen molar-refractivity contribution in [3.63, 3.8) is 0 Å². The maximum atomic E-state index is 10.8. The van der Waals surface area contributed by atoms with Crippen molar-refractivity contribution in [3.8, 4) is 0 Å². The van der Waals surface area contributed by atoms with Crippen molar-refractivity contribution >= 4 is 29.1 Å². The van der Waals surface area contributed by atoms with Crippen LogP contribution >= 0.6 is 23.1 Å². The molecule has 1 heterocycles. The van der Waals surface area contributed by atoms with Gasteiger partial charge in [-0.3, -0.25) is 0 Å². The molecular weight excluding hydrogens is 242 g/mol. The minimum Gasteiger partial charge on any atom is -0.477 e. The standard InChI is InChI=1S/C11H15NO2S2/c1-2-5-15-7-4-12-8-9-3-6-16-10(9)11(13)14/h2-3,6,12H,1,4-5,7-8H2,(H,13,14). The Morgan fingerprint density at radius 3 is 3.19 bits per heavy atom. The van der Waals surface area contributed by atoms with Gasteiger partial charge in [0.05, 0.1) is 0 Å². The van der Waals surface area contributed by atoms with E-state index in [2.05, 4.69) is 11.9 Å². The number of aromatic carboxylic acids is 1. The summed E-state index contributed by atoms with van der Waals surface area (Å²) in [5.41, 5.74) is 0.867. The van der Waals surface area contributed by atoms with Gasteiger partial charge in [0.25, 0.3) is 0 Å². The largest absolute Gasteiger partial charge is 0.477 e. The Kier molecular flexibility index (Phi) is 6.22. The van der Waals surface area contributed by atoms with Crippen LogP contribution in [0.2, 0.25) is 0 Å². The summed E-state index contributed by atoms with van der Waals surface area (Å²) in [6.07, 6.45) is 1.88. The highest BCUT2D eigenvalue weighted by Crippen LogP contribution is 2.16. The lowest BCUT2D eigenvalue weighted by molar-refractivity contribution is 0.0701. The molecule has 0 atom stereocenters. The lowest BCUT2D eigenvalue weighted by Crippen LogP contribution is -2.17. The molecule has 0 bridgehead atoms. The summed E-state index contributed by atoms with van der Waals surface area (Å²) < 4.78 is 0. The average molecular weight is 257 g/mol. The van der Waals surface area contributed by atoms with Gasteiger partial charge in [0.1, 0.15) is 4.88 Å². The van der Waals surface area contributed by atoms with Crippen LogP contribution in [-0.4, -0.2) is 29.1 Å². The molecule has 3 nitrogen and oxygen atoms in total. The minimum atomic E-state index is -0.840. The van der Waals surface area contributed by atoms with E-state index < -0.39 is 5.97 Å². The molecule has 88 valence electrons. The summed E-state index contributed by atoms with van der Waals surface area (Å²) in [7, 11) is 0. The molecule has 0 aliphatic rings. The lowest BCUT2D eigenvalue weighted by atomic mass is 10.2. The molecule has 0 radical (unpaired) electrons. The molecule has 0 aliphatic heterocycles. The first-order chi connectivity index (χ1) is 7.75. The number of carboxylic acids is 1. The van der Waals surface area contributed by atoms with Gasteiger partial charge in [-0.2, -0.15) is 11.8 Å². The molecule has 0 amide bonds. The fourth-order valence-electron chi connectivity index (χ4n) is 1.20. The third-order valence-electron chi connectivity index (χ3n) is 1.92. The van der Waals surface area contributed by atoms with Crippen LogP contribution in [0, 0.1) is 0 Å². The Balaban J connectivity index is 2.24. The van der Waals surface area contributed by atoms with Gasteiger partial charge in [0, 0.05) is 24.6 Å². The van der Waals surface area contributed by atoms with Crippen LogP contribution < -0.4 is 5.32 Å². The molecular formula is C11H15NO2S2. The third-order valence-corrected chi connectivity index (χ3v) is 3.82. The Morgan fingerprint density at radius 2 is 2.50 bits per heavy atom. The van der Waals surface area contributed by atoms with Crippen LogP contribution in [0.3, 0.4) is 0 Å². The van der Waals surface area contributed by atoms with Crippen LogP contribution in [-0.2, 0) is 6.54 Å². The fourth-order valence-corrected chi connectivity index (χ4v) is 2.58. The summed E-state index contributed by atoms with van der Waals surface area (Å²) >= 11 is 3.08. The van der Waals surface area contributed by atoms with E-state index in [4.69, 9.17) is 5.11 Å². The normalized spacial score (nSPS) is 10.2. The van der Waals surface area contributed by atoms with Crippen molar-refractivity contribution in [1.29, 1.82) is 0 Å². The van der Waals surface area contributed by atoms with Gasteiger partial charge >= 0.3 is 5.97 Å². The Hall–Kier alpha value is -0.780. The first-order valence-corrected chi connectivity index (χ1v) is 6.98. The molecule has 0 fully saturated rings. The highest BCUT2D eigenvalue weighted by Gasteiger charge is 2.10. The van der Waals surface area contributed by atoms with Gasteiger partial charge in [-0.25, -0.2) is 4.79 Å². The topological polar surface area (TPSA) is 49.3 Å². The molecule has 0 unspecified atom stereocenters. The van der Waals surface area contributed by atoms with E-state index >= 15 is 0 Å². The first-order valence-electron chi connectivity index (χ1n) is 4.94. The number of carbonyl (C=O) groups is 1. The monoisotopic (exact) mass is 257 g/mol. The lowest BCUT2D eigenvalue weighted by Gasteiger charge is -2.03. The molecule has 0 aromatic carbocycles. The van der Waals surface area contributed by atoms with Gasteiger partial charge in [-0.15, -0.1) is 17.9 Å². The van der Waals surface area contributed by atoms with E-state index in [0.29, 0.717) is 11.4 Å². The Labute approximate surface area is 104 Å². The highest BCUT2D eigenvalue weighted by atomic mass is 32.2. The van der Waals surface area contributed by atoms with Crippen LogP contribution in [0.5, 0.6) is 0 Å². The quantitative estimate of drug-likeness (QED) is 0.555. The minimum absolute atomic E-state index is 0.436. The Bertz CT molecular complexity index is 350. The molecule has 1 rings (SSSR count). The molecule has 1 aromatic heterocycles. The van der Waals surface area contributed by atoms with Crippen molar-refractivity contribution in [3.05, 3.63) is 34.5 Å². The van der Waals surface area contributed by atoms with Crippen molar-refractivity contribution in [2.45, 2.75) is 6.54 Å². The molecule has 5 heteroatoms. The summed E-state index contributed by atoms with van der Waals surface area (Å²) in [5.74, 6) is 1.13. The van der Waals surface area contributed by atoms with Crippen molar-refractivity contribution in [2.24, 2.45) is 0 Å². The molecule has 0 saturated heterocycles. The molecule has 16 heavy (non-hydrogen) atoms. The summed E-state index contributed by atoms with van der Waals surface area (Å²) in [5, 5.41) is 13.9. The predicted octanol–water partition coefficient (Wildman–Crippen LogP) is 2.46. The molecule has 0 aliphatic carbocycles. The van der Waals surface area contributed by atoms with E-state index in [0.717, 1.165) is 23.6 Å². The van der Waals surface area contributed by atoms with Crippen molar-refractivity contribution in [1.82, 2.24) is 5.32 Å². The van der Waals surface area contributed by atoms with Crippen LogP contribution in [0.1, 0.15) is 15.2 Å². The van der Waals surface area contributed by atoms with Gasteiger partial charge in [-0.05, 0) is 17.0 Å². The van der Waals surface area contributed by atoms with Crippen molar-refractivity contribution < 1.29 is 9.90 Å². The highest BCUT2D eigenvalue weighted by molar-refractivity contribution is 7.99. The number of nitrogens with one attached hydrogen (secondary N) is 1. The average Bonchev–Trinajstić information content (AvgIpc) is 2.71. The SMILES string of the molecule is C=CCSCCNCc1ccsc1C(=O)O. The van der Waals surface area contributed by atoms with Gasteiger partial charge < -0.3 is 10.4 Å². The molecule has 0 saturated carbocycles. The number of thiophene rings is 1. The Morgan fingerprint density at radius 1 is 1.69 bits per heavy atom. The van der Waals surface area contributed by atoms with E-state index in [-0.39, 0.29) is 0 Å². The van der Waals surface area contributed by atoms with Gasteiger partial charge in [0.15, 0.2) is 0 Å². The number of rotatable bonds is 8. The van der Waals surface area contributed by atoms with Crippen LogP contribution in [0.25, 0.3) is 0 Å². The van der Waals surface area contributed by atoms with E-state index in [1.165, 1.54) is 11.3 Å². The summed E-state index contributed by atoms with van der Waals surface area (Å²) in [4.78, 5) is 11.3. The number of hydrogen-bond acceptors (Lipinski definition) is 4. The second-order valence-electron chi connectivity index (χ2n) is 3.12. The van der Waals surface area contributed by atoms with Gasteiger partial charge in [0.2, 0.25) is 0 Å². The van der Waals surface area contributed by atoms with E-state index in [1.807, 2.05) is 17.5 Å². The van der Waals surface area contributed by atoms with Gasteiger partial charge in [-0.1, -0.05) is 6.08 Å². The second kappa shape index (κ2) is 7.49. The third kappa shape index (κ3) is 4.38.